The van der Waals surface area contributed by atoms with Crippen molar-refractivity contribution in [3.8, 4) is 0 Å². The maximum Gasteiger partial charge on any atom is 0.411 e. The lowest BCUT2D eigenvalue weighted by Crippen LogP contribution is -2.53. The second-order valence-electron chi connectivity index (χ2n) is 8.91. The van der Waals surface area contributed by atoms with Crippen LogP contribution in [0.15, 0.2) is 42.5 Å². The largest absolute Gasteiger partial charge is 0.444 e. The first-order valence-corrected chi connectivity index (χ1v) is 10.0. The number of benzene rings is 2. The van der Waals surface area contributed by atoms with E-state index < -0.39 is 5.60 Å². The molecule has 2 unspecified atom stereocenters. The van der Waals surface area contributed by atoms with E-state index in [2.05, 4.69) is 49.4 Å². The van der Waals surface area contributed by atoms with E-state index in [1.165, 1.54) is 33.9 Å². The molecule has 0 radical (unpaired) electrons. The average Bonchev–Trinajstić information content (AvgIpc) is 2.60. The van der Waals surface area contributed by atoms with E-state index in [4.69, 9.17) is 4.74 Å². The number of ether oxygens (including phenoxy) is 1. The second kappa shape index (κ2) is 6.70. The number of fused-ring (bicyclic) bond motifs is 3. The van der Waals surface area contributed by atoms with E-state index in [9.17, 15) is 4.79 Å². The summed E-state index contributed by atoms with van der Waals surface area (Å²) < 4.78 is 5.70. The van der Waals surface area contributed by atoms with Gasteiger partial charge in [-0.25, -0.2) is 4.79 Å². The highest BCUT2D eigenvalue weighted by molar-refractivity contribution is 5.96. The summed E-state index contributed by atoms with van der Waals surface area (Å²) in [6, 6.07) is 13.5. The Morgan fingerprint density at radius 3 is 2.52 bits per heavy atom. The van der Waals surface area contributed by atoms with Crippen LogP contribution < -0.4 is 0 Å². The van der Waals surface area contributed by atoms with Gasteiger partial charge in [-0.2, -0.15) is 0 Å². The highest BCUT2D eigenvalue weighted by Gasteiger charge is 2.39. The van der Waals surface area contributed by atoms with Crippen molar-refractivity contribution in [1.29, 1.82) is 0 Å². The zero-order valence-corrected chi connectivity index (χ0v) is 16.8. The Hall–Kier alpha value is -2.29. The van der Waals surface area contributed by atoms with Crippen molar-refractivity contribution in [1.82, 2.24) is 4.90 Å². The number of hydrogen-bond donors (Lipinski definition) is 0. The number of nitrogens with zero attached hydrogens (tertiary/aromatic N) is 1. The topological polar surface area (TPSA) is 29.5 Å². The molecule has 1 saturated heterocycles. The number of amides is 1. The first kappa shape index (κ1) is 18.1. The maximum atomic E-state index is 12.8. The van der Waals surface area contributed by atoms with E-state index in [1.54, 1.807) is 0 Å². The molecule has 3 heteroatoms. The molecule has 2 aliphatic heterocycles. The molecule has 1 fully saturated rings. The van der Waals surface area contributed by atoms with Gasteiger partial charge in [0.2, 0.25) is 0 Å². The molecule has 27 heavy (non-hydrogen) atoms. The number of rotatable bonds is 1. The fraction of sp³-hybridized carbons (Fsp3) is 0.458. The lowest BCUT2D eigenvalue weighted by Gasteiger charge is -2.45. The van der Waals surface area contributed by atoms with Crippen LogP contribution >= 0.6 is 0 Å². The molecule has 2 aliphatic rings. The highest BCUT2D eigenvalue weighted by atomic mass is 16.6. The van der Waals surface area contributed by atoms with Gasteiger partial charge in [-0.15, -0.1) is 0 Å². The molecule has 2 bridgehead atoms. The Bertz CT molecular complexity index is 906. The van der Waals surface area contributed by atoms with Crippen LogP contribution in [-0.4, -0.2) is 28.7 Å². The molecule has 3 nitrogen and oxygen atoms in total. The normalized spacial score (nSPS) is 22.5. The number of hydrogen-bond acceptors (Lipinski definition) is 2. The van der Waals surface area contributed by atoms with E-state index in [1.807, 2.05) is 25.7 Å². The Balaban J connectivity index is 1.71. The molecule has 142 valence electrons. The Kier molecular flexibility index (Phi) is 4.49. The monoisotopic (exact) mass is 363 g/mol. The number of aryl methyl sites for hydroxylation is 1. The van der Waals surface area contributed by atoms with Crippen LogP contribution in [-0.2, 0) is 4.74 Å². The SMILES string of the molecule is Cc1ccc(C2=CC3CCCC(C2)N3C(=O)OC(C)(C)C)c2ccccc12. The Labute approximate surface area is 162 Å². The zero-order chi connectivity index (χ0) is 19.2. The number of piperidine rings is 1. The van der Waals surface area contributed by atoms with Crippen LogP contribution in [0.1, 0.15) is 57.6 Å². The molecule has 0 aliphatic carbocycles. The smallest absolute Gasteiger partial charge is 0.411 e. The van der Waals surface area contributed by atoms with E-state index in [0.29, 0.717) is 0 Å². The summed E-state index contributed by atoms with van der Waals surface area (Å²) in [6.45, 7) is 7.97. The van der Waals surface area contributed by atoms with Crippen molar-refractivity contribution < 1.29 is 9.53 Å². The summed E-state index contributed by atoms with van der Waals surface area (Å²) >= 11 is 0. The van der Waals surface area contributed by atoms with Crippen molar-refractivity contribution >= 4 is 22.4 Å². The molecular formula is C24H29NO2. The van der Waals surface area contributed by atoms with Gasteiger partial charge in [-0.05, 0) is 80.9 Å². The van der Waals surface area contributed by atoms with Gasteiger partial charge in [0.25, 0.3) is 0 Å². The number of carbonyl (C=O) groups is 1. The van der Waals surface area contributed by atoms with Gasteiger partial charge in [0, 0.05) is 6.04 Å². The van der Waals surface area contributed by atoms with Gasteiger partial charge in [0.1, 0.15) is 5.60 Å². The van der Waals surface area contributed by atoms with Crippen LogP contribution in [0.4, 0.5) is 4.79 Å². The van der Waals surface area contributed by atoms with E-state index >= 15 is 0 Å². The molecule has 2 atom stereocenters. The summed E-state index contributed by atoms with van der Waals surface area (Å²) in [7, 11) is 0. The van der Waals surface area contributed by atoms with Crippen molar-refractivity contribution in [3.05, 3.63) is 53.6 Å². The van der Waals surface area contributed by atoms with Gasteiger partial charge in [0.15, 0.2) is 0 Å². The minimum absolute atomic E-state index is 0.141. The molecular weight excluding hydrogens is 334 g/mol. The molecule has 0 aromatic heterocycles. The second-order valence-corrected chi connectivity index (χ2v) is 8.91. The van der Waals surface area contributed by atoms with Gasteiger partial charge < -0.3 is 4.74 Å². The average molecular weight is 364 g/mol. The van der Waals surface area contributed by atoms with E-state index in [0.717, 1.165) is 19.3 Å². The predicted molar refractivity (Wildman–Crippen MR) is 111 cm³/mol. The third kappa shape index (κ3) is 3.47. The van der Waals surface area contributed by atoms with Crippen LogP contribution in [0, 0.1) is 6.92 Å². The molecule has 1 amide bonds. The predicted octanol–water partition coefficient (Wildman–Crippen LogP) is 6.09. The Morgan fingerprint density at radius 1 is 1.07 bits per heavy atom. The molecule has 2 aromatic carbocycles. The van der Waals surface area contributed by atoms with Crippen LogP contribution in [0.2, 0.25) is 0 Å². The minimum atomic E-state index is -0.456. The lowest BCUT2D eigenvalue weighted by atomic mass is 9.81. The molecule has 0 saturated carbocycles. The van der Waals surface area contributed by atoms with Gasteiger partial charge in [-0.1, -0.05) is 42.5 Å². The molecule has 4 rings (SSSR count). The standard InChI is InChI=1S/C24H29NO2/c1-16-12-13-21(22-11-6-5-10-20(16)22)17-14-18-8-7-9-19(15-17)25(18)23(26)27-24(2,3)4/h5-6,10-14,18-19H,7-9,15H2,1-4H3. The molecule has 0 N–H and O–H groups in total. The summed E-state index contributed by atoms with van der Waals surface area (Å²) in [6.07, 6.45) is 6.30. The summed E-state index contributed by atoms with van der Waals surface area (Å²) in [5.41, 5.74) is 3.54. The lowest BCUT2D eigenvalue weighted by molar-refractivity contribution is 0.0000928. The van der Waals surface area contributed by atoms with Crippen molar-refractivity contribution in [2.45, 2.75) is 71.1 Å². The fourth-order valence-electron chi connectivity index (χ4n) is 4.56. The molecule has 0 spiro atoms. The van der Waals surface area contributed by atoms with Crippen molar-refractivity contribution in [2.24, 2.45) is 0 Å². The third-order valence-corrected chi connectivity index (χ3v) is 5.73. The highest BCUT2D eigenvalue weighted by Crippen LogP contribution is 2.40. The quantitative estimate of drug-likeness (QED) is 0.613. The zero-order valence-electron chi connectivity index (χ0n) is 16.8. The van der Waals surface area contributed by atoms with Crippen molar-refractivity contribution in [3.63, 3.8) is 0 Å². The van der Waals surface area contributed by atoms with Crippen LogP contribution in [0.5, 0.6) is 0 Å². The fourth-order valence-corrected chi connectivity index (χ4v) is 4.56. The summed E-state index contributed by atoms with van der Waals surface area (Å²) in [5.74, 6) is 0. The minimum Gasteiger partial charge on any atom is -0.444 e. The third-order valence-electron chi connectivity index (χ3n) is 5.73. The first-order valence-electron chi connectivity index (χ1n) is 10.0. The van der Waals surface area contributed by atoms with Gasteiger partial charge in [-0.3, -0.25) is 4.90 Å². The summed E-state index contributed by atoms with van der Waals surface area (Å²) in [5, 5.41) is 2.63. The first-order chi connectivity index (χ1) is 12.8. The molecule has 2 aromatic rings. The van der Waals surface area contributed by atoms with Crippen molar-refractivity contribution in [2.75, 3.05) is 0 Å². The Morgan fingerprint density at radius 2 is 1.81 bits per heavy atom. The number of carbonyl (C=O) groups excluding carboxylic acids is 1. The summed E-state index contributed by atoms with van der Waals surface area (Å²) in [4.78, 5) is 14.8. The van der Waals surface area contributed by atoms with Crippen LogP contribution in [0.3, 0.4) is 0 Å². The van der Waals surface area contributed by atoms with Gasteiger partial charge >= 0.3 is 6.09 Å². The van der Waals surface area contributed by atoms with Crippen LogP contribution in [0.25, 0.3) is 16.3 Å². The maximum absolute atomic E-state index is 12.8. The van der Waals surface area contributed by atoms with E-state index in [-0.39, 0.29) is 18.2 Å². The molecule has 2 heterocycles. The van der Waals surface area contributed by atoms with Gasteiger partial charge in [0.05, 0.1) is 6.04 Å².